The highest BCUT2D eigenvalue weighted by atomic mass is 16.6. The molecule has 1 aliphatic heterocycles. The first-order valence-corrected chi connectivity index (χ1v) is 3.10. The molecule has 1 unspecified atom stereocenters. The standard InChI is InChI=1S/C9H10O/c1-9(7-10-9)8-5-3-2-4-6-8/h2-6H,7H2,1H3/i2D,3D,4D,5D,6D. The summed E-state index contributed by atoms with van der Waals surface area (Å²) in [5, 5.41) is 0. The van der Waals surface area contributed by atoms with E-state index < -0.39 is 5.60 Å². The highest BCUT2D eigenvalue weighted by Gasteiger charge is 2.40. The molecule has 1 saturated heterocycles. The second-order valence-corrected chi connectivity index (χ2v) is 2.52. The van der Waals surface area contributed by atoms with Crippen molar-refractivity contribution in [1.29, 1.82) is 0 Å². The van der Waals surface area contributed by atoms with Gasteiger partial charge in [0.05, 0.1) is 13.5 Å². The van der Waals surface area contributed by atoms with E-state index in [4.69, 9.17) is 11.6 Å². The minimum atomic E-state index is -0.701. The highest BCUT2D eigenvalue weighted by molar-refractivity contribution is 5.25. The first-order chi connectivity index (χ1) is 6.88. The Hall–Kier alpha value is -0.820. The van der Waals surface area contributed by atoms with Gasteiger partial charge < -0.3 is 4.74 Å². The van der Waals surface area contributed by atoms with Crippen LogP contribution in [0.4, 0.5) is 0 Å². The van der Waals surface area contributed by atoms with Gasteiger partial charge in [0, 0.05) is 0 Å². The van der Waals surface area contributed by atoms with Crippen LogP contribution in [0.25, 0.3) is 0 Å². The molecule has 52 valence electrons. The summed E-state index contributed by atoms with van der Waals surface area (Å²) in [7, 11) is 0. The molecule has 1 aromatic rings. The largest absolute Gasteiger partial charge is 0.365 e. The third kappa shape index (κ3) is 0.830. The maximum Gasteiger partial charge on any atom is 0.114 e. The van der Waals surface area contributed by atoms with Crippen LogP contribution >= 0.6 is 0 Å². The lowest BCUT2D eigenvalue weighted by Crippen LogP contribution is -2.00. The molecule has 2 rings (SSSR count). The molecule has 0 N–H and O–H groups in total. The summed E-state index contributed by atoms with van der Waals surface area (Å²) in [5.41, 5.74) is -0.443. The molecule has 1 fully saturated rings. The number of rotatable bonds is 1. The van der Waals surface area contributed by atoms with Gasteiger partial charge >= 0.3 is 0 Å². The molecule has 0 radical (unpaired) electrons. The second-order valence-electron chi connectivity index (χ2n) is 2.52. The van der Waals surface area contributed by atoms with Crippen LogP contribution in [-0.4, -0.2) is 6.61 Å². The molecule has 1 heterocycles. The summed E-state index contributed by atoms with van der Waals surface area (Å²) < 4.78 is 42.9. The molecule has 0 aromatic heterocycles. The van der Waals surface area contributed by atoms with Gasteiger partial charge in [0.25, 0.3) is 0 Å². The second kappa shape index (κ2) is 1.83. The highest BCUT2D eigenvalue weighted by Crippen LogP contribution is 2.37. The van der Waals surface area contributed by atoms with Gasteiger partial charge in [-0.05, 0) is 12.5 Å². The summed E-state index contributed by atoms with van der Waals surface area (Å²) in [4.78, 5) is 0. The SMILES string of the molecule is [2H]c1c([2H])c([2H])c(C2(C)CO2)c([2H])c1[2H]. The molecule has 0 amide bonds. The van der Waals surface area contributed by atoms with Crippen molar-refractivity contribution >= 4 is 0 Å². The maximum absolute atomic E-state index is 7.68. The van der Waals surface area contributed by atoms with Crippen molar-refractivity contribution in [3.8, 4) is 0 Å². The van der Waals surface area contributed by atoms with E-state index in [2.05, 4.69) is 0 Å². The van der Waals surface area contributed by atoms with Gasteiger partial charge in [-0.1, -0.05) is 30.2 Å². The molecule has 0 saturated carbocycles. The zero-order valence-electron chi connectivity index (χ0n) is 10.6. The molecule has 0 aliphatic carbocycles. The van der Waals surface area contributed by atoms with Gasteiger partial charge in [0.15, 0.2) is 0 Å². The molecular formula is C9H10O. The van der Waals surface area contributed by atoms with Crippen molar-refractivity contribution in [3.63, 3.8) is 0 Å². The van der Waals surface area contributed by atoms with Gasteiger partial charge in [-0.3, -0.25) is 0 Å². The van der Waals surface area contributed by atoms with Crippen LogP contribution in [0.2, 0.25) is 0 Å². The Kier molecular flexibility index (Phi) is 0.488. The predicted octanol–water partition coefficient (Wildman–Crippen LogP) is 1.93. The van der Waals surface area contributed by atoms with Crippen molar-refractivity contribution in [1.82, 2.24) is 0 Å². The Balaban J connectivity index is 2.74. The average Bonchev–Trinajstić information content (AvgIpc) is 2.91. The summed E-state index contributed by atoms with van der Waals surface area (Å²) in [6, 6.07) is -1.30. The number of benzene rings is 1. The van der Waals surface area contributed by atoms with E-state index in [-0.39, 0.29) is 35.8 Å². The number of hydrogen-bond acceptors (Lipinski definition) is 1. The Morgan fingerprint density at radius 2 is 2.10 bits per heavy atom. The molecule has 10 heavy (non-hydrogen) atoms. The van der Waals surface area contributed by atoms with E-state index >= 15 is 0 Å². The Labute approximate surface area is 67.7 Å². The van der Waals surface area contributed by atoms with Crippen molar-refractivity contribution in [2.75, 3.05) is 6.61 Å². The van der Waals surface area contributed by atoms with Crippen LogP contribution in [0.3, 0.4) is 0 Å². The molecule has 1 aliphatic rings. The Bertz CT molecular complexity index is 410. The quantitative estimate of drug-likeness (QED) is 0.542. The van der Waals surface area contributed by atoms with Gasteiger partial charge in [0.1, 0.15) is 5.60 Å². The third-order valence-electron chi connectivity index (χ3n) is 1.61. The zero-order chi connectivity index (χ0) is 11.4. The van der Waals surface area contributed by atoms with Crippen LogP contribution in [0.1, 0.15) is 19.3 Å². The van der Waals surface area contributed by atoms with E-state index in [9.17, 15) is 0 Å². The fraction of sp³-hybridized carbons (Fsp3) is 0.333. The molecule has 0 bridgehead atoms. The van der Waals surface area contributed by atoms with Crippen LogP contribution in [-0.2, 0) is 10.3 Å². The molecular weight excluding hydrogens is 124 g/mol. The van der Waals surface area contributed by atoms with Gasteiger partial charge in [-0.15, -0.1) is 0 Å². The smallest absolute Gasteiger partial charge is 0.114 e. The van der Waals surface area contributed by atoms with E-state index in [1.165, 1.54) is 0 Å². The fourth-order valence-corrected chi connectivity index (χ4v) is 0.767. The molecule has 1 atom stereocenters. The van der Waals surface area contributed by atoms with E-state index in [1.54, 1.807) is 6.92 Å². The minimum absolute atomic E-state index is 0.166. The monoisotopic (exact) mass is 139 g/mol. The first-order valence-electron chi connectivity index (χ1n) is 5.60. The number of ether oxygens (including phenoxy) is 1. The van der Waals surface area contributed by atoms with Crippen LogP contribution in [0, 0.1) is 0 Å². The summed E-state index contributed by atoms with van der Waals surface area (Å²) in [6.07, 6.45) is 0. The Morgan fingerprint density at radius 3 is 2.60 bits per heavy atom. The third-order valence-corrected chi connectivity index (χ3v) is 1.61. The normalized spacial score (nSPS) is 37.1. The van der Waals surface area contributed by atoms with E-state index in [1.807, 2.05) is 0 Å². The fourth-order valence-electron chi connectivity index (χ4n) is 0.767. The lowest BCUT2D eigenvalue weighted by molar-refractivity contribution is 0.329. The van der Waals surface area contributed by atoms with Crippen LogP contribution in [0.15, 0.2) is 30.2 Å². The molecule has 1 nitrogen and oxygen atoms in total. The van der Waals surface area contributed by atoms with Gasteiger partial charge in [-0.2, -0.15) is 0 Å². The molecule has 1 heteroatoms. The first kappa shape index (κ1) is 2.67. The summed E-state index contributed by atoms with van der Waals surface area (Å²) in [6.45, 7) is 2.13. The van der Waals surface area contributed by atoms with Crippen molar-refractivity contribution < 1.29 is 11.6 Å². The Morgan fingerprint density at radius 1 is 1.50 bits per heavy atom. The number of epoxide rings is 1. The van der Waals surface area contributed by atoms with Crippen molar-refractivity contribution in [2.45, 2.75) is 12.5 Å². The summed E-state index contributed by atoms with van der Waals surface area (Å²) in [5.74, 6) is 0. The van der Waals surface area contributed by atoms with Gasteiger partial charge in [0.2, 0.25) is 0 Å². The summed E-state index contributed by atoms with van der Waals surface area (Å²) >= 11 is 0. The van der Waals surface area contributed by atoms with Crippen LogP contribution < -0.4 is 0 Å². The van der Waals surface area contributed by atoms with E-state index in [0.717, 1.165) is 0 Å². The molecule has 1 aromatic carbocycles. The number of hydrogen-bond donors (Lipinski definition) is 0. The van der Waals surface area contributed by atoms with Crippen molar-refractivity contribution in [3.05, 3.63) is 35.8 Å². The van der Waals surface area contributed by atoms with Gasteiger partial charge in [-0.25, -0.2) is 0 Å². The zero-order valence-corrected chi connectivity index (χ0v) is 5.62. The van der Waals surface area contributed by atoms with Crippen molar-refractivity contribution in [2.24, 2.45) is 0 Å². The minimum Gasteiger partial charge on any atom is -0.365 e. The maximum atomic E-state index is 7.68. The lowest BCUT2D eigenvalue weighted by atomic mass is 10.0. The van der Waals surface area contributed by atoms with Crippen LogP contribution in [0.5, 0.6) is 0 Å². The van der Waals surface area contributed by atoms with E-state index in [0.29, 0.717) is 6.61 Å². The predicted molar refractivity (Wildman–Crippen MR) is 39.7 cm³/mol. The average molecular weight is 139 g/mol. The molecule has 0 spiro atoms. The lowest BCUT2D eigenvalue weighted by Gasteiger charge is -2.02. The topological polar surface area (TPSA) is 12.5 Å².